The van der Waals surface area contributed by atoms with Crippen molar-refractivity contribution in [1.82, 2.24) is 0 Å². The highest BCUT2D eigenvalue weighted by Gasteiger charge is 2.21. The van der Waals surface area contributed by atoms with E-state index < -0.39 is 39.1 Å². The molecule has 9 nitrogen and oxygen atoms in total. The molecule has 2 amide bonds. The molecule has 0 saturated carbocycles. The van der Waals surface area contributed by atoms with Gasteiger partial charge in [0, 0.05) is 11.4 Å². The van der Waals surface area contributed by atoms with E-state index in [1.165, 1.54) is 38.5 Å². The summed E-state index contributed by atoms with van der Waals surface area (Å²) in [6.45, 7) is 0. The van der Waals surface area contributed by atoms with Crippen molar-refractivity contribution in [3.8, 4) is 5.75 Å². The Kier molecular flexibility index (Phi) is 7.32. The Morgan fingerprint density at radius 2 is 1.45 bits per heavy atom. The van der Waals surface area contributed by atoms with E-state index >= 15 is 0 Å². The van der Waals surface area contributed by atoms with Crippen LogP contribution in [0, 0.1) is 0 Å². The fraction of sp³-hybridized carbons (Fsp3) is 0.211. The van der Waals surface area contributed by atoms with Crippen molar-refractivity contribution in [2.45, 2.75) is 0 Å². The van der Waals surface area contributed by atoms with Crippen LogP contribution in [0.4, 0.5) is 11.4 Å². The number of anilines is 2. The van der Waals surface area contributed by atoms with Gasteiger partial charge in [0.05, 0.1) is 19.8 Å². The largest absolute Gasteiger partial charge is 0.497 e. The number of hydrogen-bond acceptors (Lipinski definition) is 7. The average Bonchev–Trinajstić information content (AvgIpc) is 2.67. The standard InChI is InChI=1S/C19H20N2O7S/c1-27-16-8-6-14(7-9-16)20-17(22)11-29(25,26)12-18(23)21-15-5-3-4-13(10-15)19(24)28-2/h3-10H,11-12H2,1-2H3,(H,20,22)(H,21,23). The Bertz CT molecular complexity index is 1000. The smallest absolute Gasteiger partial charge is 0.337 e. The van der Waals surface area contributed by atoms with Crippen molar-refractivity contribution in [1.29, 1.82) is 0 Å². The number of esters is 1. The molecule has 2 aromatic rings. The van der Waals surface area contributed by atoms with Crippen LogP contribution >= 0.6 is 0 Å². The zero-order valence-electron chi connectivity index (χ0n) is 15.8. The van der Waals surface area contributed by atoms with Gasteiger partial charge >= 0.3 is 5.97 Å². The number of nitrogens with one attached hydrogen (secondary N) is 2. The predicted molar refractivity (Wildman–Crippen MR) is 107 cm³/mol. The maximum absolute atomic E-state index is 12.1. The lowest BCUT2D eigenvalue weighted by Crippen LogP contribution is -2.30. The third-order valence-corrected chi connectivity index (χ3v) is 5.05. The van der Waals surface area contributed by atoms with Crippen LogP contribution in [0.1, 0.15) is 10.4 Å². The second-order valence-corrected chi connectivity index (χ2v) is 7.99. The number of hydrogen-bond donors (Lipinski definition) is 2. The molecule has 0 unspecified atom stereocenters. The molecule has 2 rings (SSSR count). The zero-order chi connectivity index (χ0) is 21.4. The summed E-state index contributed by atoms with van der Waals surface area (Å²) >= 11 is 0. The van der Waals surface area contributed by atoms with Gasteiger partial charge in [0.15, 0.2) is 9.84 Å². The third-order valence-electron chi connectivity index (χ3n) is 3.64. The van der Waals surface area contributed by atoms with Crippen molar-refractivity contribution in [3.05, 3.63) is 54.1 Å². The van der Waals surface area contributed by atoms with Gasteiger partial charge in [-0.2, -0.15) is 0 Å². The van der Waals surface area contributed by atoms with Crippen LogP contribution in [0.2, 0.25) is 0 Å². The van der Waals surface area contributed by atoms with Crippen LogP contribution in [0.25, 0.3) is 0 Å². The van der Waals surface area contributed by atoms with Gasteiger partial charge in [0.1, 0.15) is 17.3 Å². The summed E-state index contributed by atoms with van der Waals surface area (Å²) in [6.07, 6.45) is 0. The molecule has 0 fully saturated rings. The van der Waals surface area contributed by atoms with Crippen LogP contribution in [0.15, 0.2) is 48.5 Å². The summed E-state index contributed by atoms with van der Waals surface area (Å²) in [4.78, 5) is 35.5. The van der Waals surface area contributed by atoms with Gasteiger partial charge in [-0.15, -0.1) is 0 Å². The first-order valence-electron chi connectivity index (χ1n) is 8.35. The Hall–Kier alpha value is -3.40. The summed E-state index contributed by atoms with van der Waals surface area (Å²) in [5.41, 5.74) is 0.831. The Morgan fingerprint density at radius 3 is 2.00 bits per heavy atom. The predicted octanol–water partition coefficient (Wildman–Crippen LogP) is 1.47. The molecular formula is C19H20N2O7S. The fourth-order valence-corrected chi connectivity index (χ4v) is 3.41. The summed E-state index contributed by atoms with van der Waals surface area (Å²) < 4.78 is 33.9. The Balaban J connectivity index is 1.93. The summed E-state index contributed by atoms with van der Waals surface area (Å²) in [6, 6.07) is 12.2. The lowest BCUT2D eigenvalue weighted by molar-refractivity contribution is -0.114. The highest BCUT2D eigenvalue weighted by atomic mass is 32.2. The van der Waals surface area contributed by atoms with E-state index in [1.807, 2.05) is 0 Å². The number of rotatable bonds is 8. The van der Waals surface area contributed by atoms with E-state index in [4.69, 9.17) is 4.74 Å². The van der Waals surface area contributed by atoms with Gasteiger partial charge in [-0.3, -0.25) is 9.59 Å². The van der Waals surface area contributed by atoms with E-state index in [9.17, 15) is 22.8 Å². The molecule has 0 spiro atoms. The van der Waals surface area contributed by atoms with Crippen LogP contribution in [-0.4, -0.2) is 51.9 Å². The molecule has 0 heterocycles. The van der Waals surface area contributed by atoms with Crippen molar-refractivity contribution < 1.29 is 32.3 Å². The lowest BCUT2D eigenvalue weighted by atomic mass is 10.2. The molecule has 2 aromatic carbocycles. The maximum Gasteiger partial charge on any atom is 0.337 e. The number of benzene rings is 2. The van der Waals surface area contributed by atoms with Crippen molar-refractivity contribution in [2.75, 3.05) is 36.4 Å². The minimum Gasteiger partial charge on any atom is -0.497 e. The molecule has 0 aliphatic carbocycles. The SMILES string of the molecule is COC(=O)c1cccc(NC(=O)CS(=O)(=O)CC(=O)Nc2ccc(OC)cc2)c1. The molecule has 0 saturated heterocycles. The third kappa shape index (κ3) is 6.92. The highest BCUT2D eigenvalue weighted by molar-refractivity contribution is 7.92. The number of amides is 2. The van der Waals surface area contributed by atoms with Crippen LogP contribution in [0.5, 0.6) is 5.75 Å². The molecule has 2 N–H and O–H groups in total. The molecule has 29 heavy (non-hydrogen) atoms. The van der Waals surface area contributed by atoms with Crippen LogP contribution in [0.3, 0.4) is 0 Å². The van der Waals surface area contributed by atoms with Crippen LogP contribution in [-0.2, 0) is 24.2 Å². The van der Waals surface area contributed by atoms with E-state index in [-0.39, 0.29) is 11.3 Å². The minimum atomic E-state index is -4.00. The summed E-state index contributed by atoms with van der Waals surface area (Å²) in [5.74, 6) is -3.34. The first-order valence-corrected chi connectivity index (χ1v) is 10.2. The molecule has 0 bridgehead atoms. The van der Waals surface area contributed by atoms with Crippen LogP contribution < -0.4 is 15.4 Å². The van der Waals surface area contributed by atoms with Gasteiger partial charge in [-0.1, -0.05) is 6.07 Å². The minimum absolute atomic E-state index is 0.201. The van der Waals surface area contributed by atoms with Crippen molar-refractivity contribution in [2.24, 2.45) is 0 Å². The molecule has 0 radical (unpaired) electrons. The van der Waals surface area contributed by atoms with Gasteiger partial charge in [0.25, 0.3) is 0 Å². The molecule has 0 atom stereocenters. The molecule has 0 aromatic heterocycles. The van der Waals surface area contributed by atoms with Crippen molar-refractivity contribution in [3.63, 3.8) is 0 Å². The second-order valence-electron chi connectivity index (χ2n) is 5.93. The number of ether oxygens (including phenoxy) is 2. The lowest BCUT2D eigenvalue weighted by Gasteiger charge is -2.09. The van der Waals surface area contributed by atoms with Gasteiger partial charge < -0.3 is 20.1 Å². The Morgan fingerprint density at radius 1 is 0.862 bits per heavy atom. The van der Waals surface area contributed by atoms with Gasteiger partial charge in [0.2, 0.25) is 11.8 Å². The fourth-order valence-electron chi connectivity index (χ4n) is 2.36. The topological polar surface area (TPSA) is 128 Å². The Labute approximate surface area is 167 Å². The highest BCUT2D eigenvalue weighted by Crippen LogP contribution is 2.15. The quantitative estimate of drug-likeness (QED) is 0.619. The average molecular weight is 420 g/mol. The summed E-state index contributed by atoms with van der Waals surface area (Å²) in [7, 11) is -1.29. The van der Waals surface area contributed by atoms with E-state index in [2.05, 4.69) is 15.4 Å². The number of carbonyl (C=O) groups excluding carboxylic acids is 3. The number of sulfone groups is 1. The first kappa shape index (κ1) is 21.9. The van der Waals surface area contributed by atoms with E-state index in [0.717, 1.165) is 0 Å². The monoisotopic (exact) mass is 420 g/mol. The molecule has 0 aliphatic rings. The van der Waals surface area contributed by atoms with E-state index in [0.29, 0.717) is 11.4 Å². The van der Waals surface area contributed by atoms with Gasteiger partial charge in [-0.25, -0.2) is 13.2 Å². The molecule has 154 valence electrons. The van der Waals surface area contributed by atoms with E-state index in [1.54, 1.807) is 24.3 Å². The molecular weight excluding hydrogens is 400 g/mol. The molecule has 10 heteroatoms. The first-order chi connectivity index (χ1) is 13.7. The maximum atomic E-state index is 12.1. The zero-order valence-corrected chi connectivity index (χ0v) is 16.6. The number of methoxy groups -OCH3 is 2. The normalized spacial score (nSPS) is 10.7. The molecule has 0 aliphatic heterocycles. The van der Waals surface area contributed by atoms with Gasteiger partial charge in [-0.05, 0) is 42.5 Å². The second kappa shape index (κ2) is 9.69. The van der Waals surface area contributed by atoms with Crippen molar-refractivity contribution >= 4 is 39.0 Å². The number of carbonyl (C=O) groups is 3. The summed E-state index contributed by atoms with van der Waals surface area (Å²) in [5, 5.41) is 4.82.